The second-order valence-corrected chi connectivity index (χ2v) is 2.02. The largest absolute Gasteiger partial charge is 0.352 e. The number of rotatable bonds is 3. The van der Waals surface area contributed by atoms with Crippen molar-refractivity contribution in [1.82, 2.24) is 5.32 Å². The third-order valence-corrected chi connectivity index (χ3v) is 1.20. The van der Waals surface area contributed by atoms with E-state index in [1.165, 1.54) is 0 Å². The highest BCUT2D eigenvalue weighted by atomic mass is 16.2. The molecule has 2 amide bonds. The van der Waals surface area contributed by atoms with E-state index in [1.54, 1.807) is 0 Å². The summed E-state index contributed by atoms with van der Waals surface area (Å²) in [4.78, 5) is 10.3. The predicted molar refractivity (Wildman–Crippen MR) is 40.2 cm³/mol. The Morgan fingerprint density at radius 1 is 1.90 bits per heavy atom. The standard InChI is InChI=1S/C7H12N2O/c1-3-5-6(4-2)9-7(8)10/h1,6H,4-5H2,2H3,(H3,8,9,10). The minimum Gasteiger partial charge on any atom is -0.352 e. The molecule has 0 aliphatic carbocycles. The molecule has 0 radical (unpaired) electrons. The van der Waals surface area contributed by atoms with Crippen LogP contribution in [0.1, 0.15) is 19.8 Å². The van der Waals surface area contributed by atoms with Crippen molar-refractivity contribution < 1.29 is 4.79 Å². The van der Waals surface area contributed by atoms with Gasteiger partial charge in [0.2, 0.25) is 0 Å². The second-order valence-electron chi connectivity index (χ2n) is 2.02. The van der Waals surface area contributed by atoms with E-state index in [4.69, 9.17) is 12.2 Å². The van der Waals surface area contributed by atoms with Crippen LogP contribution in [0.2, 0.25) is 0 Å². The molecule has 0 aliphatic heterocycles. The molecule has 1 atom stereocenters. The van der Waals surface area contributed by atoms with Gasteiger partial charge in [0.05, 0.1) is 0 Å². The van der Waals surface area contributed by atoms with Crippen molar-refractivity contribution in [2.45, 2.75) is 25.8 Å². The highest BCUT2D eigenvalue weighted by molar-refractivity contribution is 5.71. The average molecular weight is 140 g/mol. The summed E-state index contributed by atoms with van der Waals surface area (Å²) in [6.07, 6.45) is 6.39. The topological polar surface area (TPSA) is 55.1 Å². The van der Waals surface area contributed by atoms with Crippen LogP contribution < -0.4 is 11.1 Å². The Morgan fingerprint density at radius 2 is 2.50 bits per heavy atom. The van der Waals surface area contributed by atoms with Crippen molar-refractivity contribution in [2.75, 3.05) is 0 Å². The SMILES string of the molecule is C#CCC(CC)NC(N)=O. The number of amides is 2. The fraction of sp³-hybridized carbons (Fsp3) is 0.571. The molecule has 10 heavy (non-hydrogen) atoms. The number of carbonyl (C=O) groups excluding carboxylic acids is 1. The second kappa shape index (κ2) is 4.68. The van der Waals surface area contributed by atoms with Crippen molar-refractivity contribution in [3.05, 3.63) is 0 Å². The van der Waals surface area contributed by atoms with Crippen LogP contribution >= 0.6 is 0 Å². The molecule has 0 fully saturated rings. The Labute approximate surface area is 61.0 Å². The number of hydrogen-bond acceptors (Lipinski definition) is 1. The first-order valence-corrected chi connectivity index (χ1v) is 3.20. The summed E-state index contributed by atoms with van der Waals surface area (Å²) in [6.45, 7) is 1.94. The van der Waals surface area contributed by atoms with E-state index in [0.717, 1.165) is 6.42 Å². The van der Waals surface area contributed by atoms with E-state index in [0.29, 0.717) is 6.42 Å². The molecule has 0 rings (SSSR count). The lowest BCUT2D eigenvalue weighted by Crippen LogP contribution is -2.37. The maximum atomic E-state index is 10.3. The Hall–Kier alpha value is -1.17. The van der Waals surface area contributed by atoms with Crippen molar-refractivity contribution in [3.8, 4) is 12.3 Å². The van der Waals surface area contributed by atoms with Crippen LogP contribution in [0.15, 0.2) is 0 Å². The molecular weight excluding hydrogens is 128 g/mol. The number of carbonyl (C=O) groups is 1. The van der Waals surface area contributed by atoms with Gasteiger partial charge in [-0.1, -0.05) is 6.92 Å². The molecule has 0 saturated heterocycles. The number of primary amides is 1. The molecule has 0 bridgehead atoms. The van der Waals surface area contributed by atoms with E-state index in [1.807, 2.05) is 6.92 Å². The zero-order valence-corrected chi connectivity index (χ0v) is 6.05. The Balaban J connectivity index is 3.62. The van der Waals surface area contributed by atoms with E-state index in [2.05, 4.69) is 11.2 Å². The molecule has 0 aromatic rings. The van der Waals surface area contributed by atoms with Gasteiger partial charge in [0.1, 0.15) is 0 Å². The van der Waals surface area contributed by atoms with Crippen LogP contribution in [0.5, 0.6) is 0 Å². The average Bonchev–Trinajstić information content (AvgIpc) is 1.86. The minimum absolute atomic E-state index is 0.0301. The van der Waals surface area contributed by atoms with Gasteiger partial charge in [-0.2, -0.15) is 0 Å². The zero-order chi connectivity index (χ0) is 7.98. The van der Waals surface area contributed by atoms with E-state index < -0.39 is 6.03 Å². The minimum atomic E-state index is -0.512. The maximum absolute atomic E-state index is 10.3. The van der Waals surface area contributed by atoms with Crippen molar-refractivity contribution in [2.24, 2.45) is 5.73 Å². The molecule has 3 heteroatoms. The van der Waals surface area contributed by atoms with Crippen molar-refractivity contribution in [1.29, 1.82) is 0 Å². The van der Waals surface area contributed by atoms with Crippen LogP contribution in [0.3, 0.4) is 0 Å². The van der Waals surface area contributed by atoms with Gasteiger partial charge >= 0.3 is 6.03 Å². The number of hydrogen-bond donors (Lipinski definition) is 2. The molecule has 0 heterocycles. The molecule has 0 saturated carbocycles. The first-order chi connectivity index (χ1) is 4.70. The van der Waals surface area contributed by atoms with Gasteiger partial charge in [-0.05, 0) is 6.42 Å². The molecule has 0 aromatic heterocycles. The zero-order valence-electron chi connectivity index (χ0n) is 6.05. The van der Waals surface area contributed by atoms with E-state index in [9.17, 15) is 4.79 Å². The molecule has 0 spiro atoms. The van der Waals surface area contributed by atoms with Gasteiger partial charge in [-0.15, -0.1) is 12.3 Å². The van der Waals surface area contributed by atoms with Crippen LogP contribution in [0, 0.1) is 12.3 Å². The fourth-order valence-electron chi connectivity index (χ4n) is 0.641. The summed E-state index contributed by atoms with van der Waals surface area (Å²) in [6, 6.07) is -0.482. The lowest BCUT2D eigenvalue weighted by molar-refractivity contribution is 0.245. The predicted octanol–water partition coefficient (Wildman–Crippen LogP) is 0.457. The molecule has 56 valence electrons. The smallest absolute Gasteiger partial charge is 0.312 e. The quantitative estimate of drug-likeness (QED) is 0.550. The van der Waals surface area contributed by atoms with E-state index >= 15 is 0 Å². The van der Waals surface area contributed by atoms with Crippen LogP contribution in [-0.2, 0) is 0 Å². The first kappa shape index (κ1) is 8.83. The lowest BCUT2D eigenvalue weighted by atomic mass is 10.2. The van der Waals surface area contributed by atoms with Gasteiger partial charge in [0, 0.05) is 12.5 Å². The first-order valence-electron chi connectivity index (χ1n) is 3.20. The lowest BCUT2D eigenvalue weighted by Gasteiger charge is -2.10. The summed E-state index contributed by atoms with van der Waals surface area (Å²) in [5, 5.41) is 2.53. The highest BCUT2D eigenvalue weighted by Crippen LogP contribution is 1.94. The summed E-state index contributed by atoms with van der Waals surface area (Å²) in [5.41, 5.74) is 4.88. The monoisotopic (exact) mass is 140 g/mol. The summed E-state index contributed by atoms with van der Waals surface area (Å²) < 4.78 is 0. The highest BCUT2D eigenvalue weighted by Gasteiger charge is 2.04. The fourth-order valence-corrected chi connectivity index (χ4v) is 0.641. The number of nitrogens with one attached hydrogen (secondary N) is 1. The van der Waals surface area contributed by atoms with Gasteiger partial charge in [0.15, 0.2) is 0 Å². The summed E-state index contributed by atoms with van der Waals surface area (Å²) >= 11 is 0. The van der Waals surface area contributed by atoms with Gasteiger partial charge in [-0.3, -0.25) is 0 Å². The summed E-state index contributed by atoms with van der Waals surface area (Å²) in [5.74, 6) is 2.45. The normalized spacial score (nSPS) is 11.6. The molecule has 3 nitrogen and oxygen atoms in total. The van der Waals surface area contributed by atoms with Gasteiger partial charge in [-0.25, -0.2) is 4.79 Å². The molecule has 0 aromatic carbocycles. The van der Waals surface area contributed by atoms with Crippen molar-refractivity contribution >= 4 is 6.03 Å². The van der Waals surface area contributed by atoms with Crippen LogP contribution in [-0.4, -0.2) is 12.1 Å². The maximum Gasteiger partial charge on any atom is 0.312 e. The Bertz CT molecular complexity index is 148. The summed E-state index contributed by atoms with van der Waals surface area (Å²) in [7, 11) is 0. The third kappa shape index (κ3) is 3.79. The number of terminal acetylenes is 1. The Kier molecular flexibility index (Phi) is 4.14. The third-order valence-electron chi connectivity index (χ3n) is 1.20. The number of nitrogens with two attached hydrogens (primary N) is 1. The molecular formula is C7H12N2O. The molecule has 0 aliphatic rings. The van der Waals surface area contributed by atoms with Crippen LogP contribution in [0.4, 0.5) is 4.79 Å². The number of urea groups is 1. The molecule has 3 N–H and O–H groups in total. The van der Waals surface area contributed by atoms with E-state index in [-0.39, 0.29) is 6.04 Å². The van der Waals surface area contributed by atoms with Crippen molar-refractivity contribution in [3.63, 3.8) is 0 Å². The Morgan fingerprint density at radius 3 is 2.80 bits per heavy atom. The van der Waals surface area contributed by atoms with Gasteiger partial charge in [0.25, 0.3) is 0 Å². The molecule has 1 unspecified atom stereocenters. The van der Waals surface area contributed by atoms with Gasteiger partial charge < -0.3 is 11.1 Å². The van der Waals surface area contributed by atoms with Crippen LogP contribution in [0.25, 0.3) is 0 Å².